The topological polar surface area (TPSA) is 62.5 Å². The summed E-state index contributed by atoms with van der Waals surface area (Å²) in [4.78, 5) is 15.2. The van der Waals surface area contributed by atoms with E-state index >= 15 is 0 Å². The van der Waals surface area contributed by atoms with Crippen LogP contribution in [0, 0.1) is 11.3 Å². The van der Waals surface area contributed by atoms with Gasteiger partial charge in [-0.2, -0.15) is 5.26 Å². The van der Waals surface area contributed by atoms with Gasteiger partial charge < -0.3 is 0 Å². The number of aromatic nitrogens is 3. The molecule has 4 nitrogen and oxygen atoms in total. The number of nitriles is 1. The summed E-state index contributed by atoms with van der Waals surface area (Å²) in [6, 6.07) is 74.1. The van der Waals surface area contributed by atoms with Crippen molar-refractivity contribution in [2.24, 2.45) is 0 Å². The second kappa shape index (κ2) is 14.2. The minimum absolute atomic E-state index is 0.532. The highest BCUT2D eigenvalue weighted by Gasteiger charge is 2.46. The Kier molecular flexibility index (Phi) is 8.39. The molecule has 0 saturated heterocycles. The van der Waals surface area contributed by atoms with Crippen LogP contribution >= 0.6 is 0 Å². The van der Waals surface area contributed by atoms with Crippen LogP contribution in [0.2, 0.25) is 0 Å². The van der Waals surface area contributed by atoms with Crippen LogP contribution in [-0.4, -0.2) is 15.0 Å². The van der Waals surface area contributed by atoms with Crippen LogP contribution < -0.4 is 0 Å². The van der Waals surface area contributed by atoms with E-state index in [2.05, 4.69) is 133 Å². The lowest BCUT2D eigenvalue weighted by atomic mass is 9.67. The lowest BCUT2D eigenvalue weighted by Gasteiger charge is -2.34. The average Bonchev–Trinajstić information content (AvgIpc) is 3.60. The molecule has 9 aromatic rings. The maximum absolute atomic E-state index is 9.88. The molecule has 0 fully saturated rings. The van der Waals surface area contributed by atoms with E-state index in [0.29, 0.717) is 23.0 Å². The molecule has 1 heterocycles. The van der Waals surface area contributed by atoms with Crippen LogP contribution in [0.1, 0.15) is 27.8 Å². The van der Waals surface area contributed by atoms with Crippen LogP contribution in [0.5, 0.6) is 0 Å². The van der Waals surface area contributed by atoms with E-state index in [0.717, 1.165) is 38.9 Å². The Morgan fingerprint density at radius 2 is 0.789 bits per heavy atom. The number of benzene rings is 8. The van der Waals surface area contributed by atoms with Gasteiger partial charge in [-0.3, -0.25) is 0 Å². The number of rotatable bonds is 7. The van der Waals surface area contributed by atoms with Crippen LogP contribution in [0.3, 0.4) is 0 Å². The lowest BCUT2D eigenvalue weighted by molar-refractivity contribution is 0.769. The summed E-state index contributed by atoms with van der Waals surface area (Å²) in [6.45, 7) is 0. The third-order valence-corrected chi connectivity index (χ3v) is 11.0. The third kappa shape index (κ3) is 5.90. The molecule has 0 N–H and O–H groups in total. The van der Waals surface area contributed by atoms with Gasteiger partial charge >= 0.3 is 0 Å². The zero-order chi connectivity index (χ0) is 38.2. The van der Waals surface area contributed by atoms with E-state index in [4.69, 9.17) is 15.0 Å². The zero-order valence-electron chi connectivity index (χ0n) is 30.9. The second-order valence-electron chi connectivity index (χ2n) is 14.3. The minimum Gasteiger partial charge on any atom is -0.208 e. The van der Waals surface area contributed by atoms with Gasteiger partial charge in [0.05, 0.1) is 17.0 Å². The Morgan fingerprint density at radius 1 is 0.333 bits per heavy atom. The van der Waals surface area contributed by atoms with Gasteiger partial charge in [0.15, 0.2) is 17.5 Å². The van der Waals surface area contributed by atoms with Crippen molar-refractivity contribution >= 4 is 0 Å². The van der Waals surface area contributed by atoms with Crippen molar-refractivity contribution < 1.29 is 0 Å². The predicted octanol–water partition coefficient (Wildman–Crippen LogP) is 12.4. The smallest absolute Gasteiger partial charge is 0.164 e. The van der Waals surface area contributed by atoms with Crippen molar-refractivity contribution in [1.29, 1.82) is 5.26 Å². The van der Waals surface area contributed by atoms with Crippen LogP contribution in [0.25, 0.3) is 67.5 Å². The van der Waals surface area contributed by atoms with Crippen LogP contribution in [0.15, 0.2) is 206 Å². The van der Waals surface area contributed by atoms with Gasteiger partial charge in [0, 0.05) is 16.7 Å². The SMILES string of the molecule is N#Cc1cccc(-c2cc(-c3ccc4c(c3)C(c3ccccc3)(c3ccccc3)c3ccccc3-4)cc(-c3nc(-c4ccccc4)nc(-c4ccccc4)n3)c2)c1. The first kappa shape index (κ1) is 33.8. The summed E-state index contributed by atoms with van der Waals surface area (Å²) in [7, 11) is 0. The molecule has 266 valence electrons. The Morgan fingerprint density at radius 3 is 1.37 bits per heavy atom. The van der Waals surface area contributed by atoms with Gasteiger partial charge in [0.1, 0.15) is 0 Å². The molecule has 10 rings (SSSR count). The fourth-order valence-electron chi connectivity index (χ4n) is 8.42. The van der Waals surface area contributed by atoms with E-state index in [1.807, 2.05) is 78.9 Å². The quantitative estimate of drug-likeness (QED) is 0.164. The molecular weight excluding hydrogens is 693 g/mol. The molecule has 0 atom stereocenters. The Balaban J connectivity index is 1.23. The number of hydrogen-bond donors (Lipinski definition) is 0. The molecule has 4 heteroatoms. The summed E-state index contributed by atoms with van der Waals surface area (Å²) in [5, 5.41) is 9.88. The molecular formula is C53H34N4. The molecule has 0 saturated carbocycles. The molecule has 57 heavy (non-hydrogen) atoms. The highest BCUT2D eigenvalue weighted by atomic mass is 15.0. The third-order valence-electron chi connectivity index (χ3n) is 11.0. The Hall–Kier alpha value is -7.74. The van der Waals surface area contributed by atoms with E-state index in [1.54, 1.807) is 0 Å². The van der Waals surface area contributed by atoms with Crippen molar-refractivity contribution in [2.45, 2.75) is 5.41 Å². The van der Waals surface area contributed by atoms with E-state index < -0.39 is 5.41 Å². The summed E-state index contributed by atoms with van der Waals surface area (Å²) in [5.41, 5.74) is 14.1. The fourth-order valence-corrected chi connectivity index (χ4v) is 8.42. The molecule has 1 aromatic heterocycles. The van der Waals surface area contributed by atoms with Crippen molar-refractivity contribution in [3.05, 3.63) is 234 Å². The van der Waals surface area contributed by atoms with Crippen LogP contribution in [0.4, 0.5) is 0 Å². The normalized spacial score (nSPS) is 12.3. The summed E-state index contributed by atoms with van der Waals surface area (Å²) < 4.78 is 0. The van der Waals surface area contributed by atoms with E-state index in [1.165, 1.54) is 33.4 Å². The lowest BCUT2D eigenvalue weighted by Crippen LogP contribution is -2.28. The number of nitrogens with zero attached hydrogens (tertiary/aromatic N) is 4. The van der Waals surface area contributed by atoms with Crippen molar-refractivity contribution in [3.8, 4) is 73.6 Å². The number of fused-ring (bicyclic) bond motifs is 3. The molecule has 1 aliphatic rings. The molecule has 8 aromatic carbocycles. The molecule has 0 bridgehead atoms. The molecule has 0 amide bonds. The van der Waals surface area contributed by atoms with Gasteiger partial charge in [-0.25, -0.2) is 15.0 Å². The van der Waals surface area contributed by atoms with E-state index in [9.17, 15) is 5.26 Å². The van der Waals surface area contributed by atoms with Crippen molar-refractivity contribution in [1.82, 2.24) is 15.0 Å². The average molecular weight is 727 g/mol. The molecule has 0 radical (unpaired) electrons. The maximum Gasteiger partial charge on any atom is 0.164 e. The second-order valence-corrected chi connectivity index (χ2v) is 14.3. The first-order valence-electron chi connectivity index (χ1n) is 19.1. The molecule has 1 aliphatic carbocycles. The molecule has 0 aliphatic heterocycles. The zero-order valence-corrected chi connectivity index (χ0v) is 30.9. The van der Waals surface area contributed by atoms with Gasteiger partial charge in [-0.05, 0) is 92.0 Å². The summed E-state index contributed by atoms with van der Waals surface area (Å²) in [5.74, 6) is 1.77. The van der Waals surface area contributed by atoms with E-state index in [-0.39, 0.29) is 0 Å². The van der Waals surface area contributed by atoms with Gasteiger partial charge in [0.25, 0.3) is 0 Å². The van der Waals surface area contributed by atoms with Gasteiger partial charge in [-0.1, -0.05) is 170 Å². The van der Waals surface area contributed by atoms with Gasteiger partial charge in [0.2, 0.25) is 0 Å². The van der Waals surface area contributed by atoms with Crippen molar-refractivity contribution in [2.75, 3.05) is 0 Å². The van der Waals surface area contributed by atoms with Crippen LogP contribution in [-0.2, 0) is 5.41 Å². The molecule has 0 unspecified atom stereocenters. The Bertz CT molecular complexity index is 2860. The first-order valence-corrected chi connectivity index (χ1v) is 19.1. The van der Waals surface area contributed by atoms with Crippen molar-refractivity contribution in [3.63, 3.8) is 0 Å². The standard InChI is InChI=1S/C53H34N4/c54-35-36-16-15-21-39(30-36)41-31-42(33-43(32-41)52-56-50(37-17-5-1-6-18-37)55-51(57-52)38-19-7-2-8-20-38)40-28-29-47-46-26-13-14-27-48(46)53(49(47)34-40,44-22-9-3-10-23-44)45-24-11-4-12-25-45/h1-34H. The summed E-state index contributed by atoms with van der Waals surface area (Å²) >= 11 is 0. The largest absolute Gasteiger partial charge is 0.208 e. The molecule has 0 spiro atoms. The Labute approximate surface area is 332 Å². The maximum atomic E-state index is 9.88. The highest BCUT2D eigenvalue weighted by Crippen LogP contribution is 2.56. The minimum atomic E-state index is -0.532. The summed E-state index contributed by atoms with van der Waals surface area (Å²) in [6.07, 6.45) is 0. The first-order chi connectivity index (χ1) is 28.2. The number of hydrogen-bond acceptors (Lipinski definition) is 4. The fraction of sp³-hybridized carbons (Fsp3) is 0.0189. The highest BCUT2D eigenvalue weighted by molar-refractivity contribution is 5.89. The van der Waals surface area contributed by atoms with Gasteiger partial charge in [-0.15, -0.1) is 0 Å². The monoisotopic (exact) mass is 726 g/mol. The predicted molar refractivity (Wildman–Crippen MR) is 229 cm³/mol.